The third-order valence-corrected chi connectivity index (χ3v) is 8.35. The van der Waals surface area contributed by atoms with E-state index in [2.05, 4.69) is 10.5 Å². The maximum Gasteiger partial charge on any atom is 0.286 e. The van der Waals surface area contributed by atoms with Gasteiger partial charge in [-0.1, -0.05) is 41.8 Å². The number of nitrogens with one attached hydrogen (secondary N) is 1. The summed E-state index contributed by atoms with van der Waals surface area (Å²) in [6.45, 7) is 1.45. The molecule has 2 aliphatic heterocycles. The molecule has 5 rings (SSSR count). The summed E-state index contributed by atoms with van der Waals surface area (Å²) in [6.07, 6.45) is 5.94. The predicted molar refractivity (Wildman–Crippen MR) is 146 cm³/mol. The molecule has 0 unspecified atom stereocenters. The second-order valence-corrected chi connectivity index (χ2v) is 12.3. The minimum atomic E-state index is -3.63. The van der Waals surface area contributed by atoms with E-state index in [1.165, 1.54) is 16.4 Å². The van der Waals surface area contributed by atoms with Crippen molar-refractivity contribution in [3.05, 3.63) is 80.8 Å². The summed E-state index contributed by atoms with van der Waals surface area (Å²) < 4.78 is 41.8. The average Bonchev–Trinajstić information content (AvgIpc) is 3.25. The van der Waals surface area contributed by atoms with Crippen LogP contribution in [0.5, 0.6) is 0 Å². The maximum absolute atomic E-state index is 13.6. The Bertz CT molecular complexity index is 1520. The molecule has 12 heteroatoms. The number of hydrazine groups is 1. The predicted octanol–water partition coefficient (Wildman–Crippen LogP) is 4.76. The lowest BCUT2D eigenvalue weighted by molar-refractivity contribution is 0.0742. The highest BCUT2D eigenvalue weighted by molar-refractivity contribution is 7.88. The van der Waals surface area contributed by atoms with Crippen molar-refractivity contribution >= 4 is 50.8 Å². The van der Waals surface area contributed by atoms with Gasteiger partial charge in [0.15, 0.2) is 5.69 Å². The molecule has 3 heterocycles. The van der Waals surface area contributed by atoms with Crippen molar-refractivity contribution in [3.8, 4) is 5.69 Å². The van der Waals surface area contributed by atoms with E-state index in [9.17, 15) is 17.6 Å². The van der Waals surface area contributed by atoms with Crippen LogP contribution in [0.3, 0.4) is 0 Å². The Hall–Kier alpha value is -2.76. The molecule has 1 aromatic heterocycles. The van der Waals surface area contributed by atoms with Crippen molar-refractivity contribution in [3.63, 3.8) is 0 Å². The summed E-state index contributed by atoms with van der Waals surface area (Å²) in [6, 6.07) is 10.8. The van der Waals surface area contributed by atoms with E-state index in [0.717, 1.165) is 38.6 Å². The van der Waals surface area contributed by atoms with Gasteiger partial charge < -0.3 is 0 Å². The third kappa shape index (κ3) is 5.64. The Labute approximate surface area is 230 Å². The SMILES string of the molecule is CS(=O)(=O)N1CC(=Cc2ccc(F)cc2)c2c(c(C(=O)NN3CCCCC3)nn2-c2ccc(Cl)cc2Cl)C1. The van der Waals surface area contributed by atoms with Crippen LogP contribution in [0.4, 0.5) is 4.39 Å². The number of hydrogen-bond donors (Lipinski definition) is 1. The monoisotopic (exact) mass is 577 g/mol. The van der Waals surface area contributed by atoms with Gasteiger partial charge in [-0.05, 0) is 60.4 Å². The lowest BCUT2D eigenvalue weighted by Gasteiger charge is -2.29. The number of sulfonamides is 1. The van der Waals surface area contributed by atoms with Gasteiger partial charge in [-0.3, -0.25) is 10.2 Å². The zero-order valence-electron chi connectivity index (χ0n) is 20.6. The molecule has 1 fully saturated rings. The molecule has 0 aliphatic carbocycles. The largest absolute Gasteiger partial charge is 0.286 e. The number of hydrogen-bond acceptors (Lipinski definition) is 5. The molecule has 1 N–H and O–H groups in total. The fraction of sp³-hybridized carbons (Fsp3) is 0.308. The first-order valence-electron chi connectivity index (χ1n) is 12.1. The summed E-state index contributed by atoms with van der Waals surface area (Å²) in [7, 11) is -3.63. The van der Waals surface area contributed by atoms with Crippen molar-refractivity contribution in [1.82, 2.24) is 24.5 Å². The highest BCUT2D eigenvalue weighted by atomic mass is 35.5. The average molecular weight is 578 g/mol. The number of rotatable bonds is 5. The number of amides is 1. The molecule has 8 nitrogen and oxygen atoms in total. The van der Waals surface area contributed by atoms with Gasteiger partial charge in [0.2, 0.25) is 10.0 Å². The van der Waals surface area contributed by atoms with E-state index < -0.39 is 15.9 Å². The van der Waals surface area contributed by atoms with E-state index in [4.69, 9.17) is 23.2 Å². The number of halogens is 3. The van der Waals surface area contributed by atoms with Gasteiger partial charge in [-0.25, -0.2) is 22.5 Å². The molecular formula is C26H26Cl2FN5O3S. The Morgan fingerprint density at radius 2 is 1.76 bits per heavy atom. The fourth-order valence-electron chi connectivity index (χ4n) is 4.75. The summed E-state index contributed by atoms with van der Waals surface area (Å²) in [5.74, 6) is -0.813. The van der Waals surface area contributed by atoms with Gasteiger partial charge in [0.25, 0.3) is 5.91 Å². The van der Waals surface area contributed by atoms with Crippen molar-refractivity contribution in [1.29, 1.82) is 0 Å². The smallest absolute Gasteiger partial charge is 0.283 e. The fourth-order valence-corrected chi connectivity index (χ4v) is 5.97. The molecule has 0 saturated carbocycles. The van der Waals surface area contributed by atoms with E-state index in [1.807, 2.05) is 5.01 Å². The minimum Gasteiger partial charge on any atom is -0.283 e. The first-order chi connectivity index (χ1) is 18.1. The summed E-state index contributed by atoms with van der Waals surface area (Å²) in [5.41, 5.74) is 5.79. The van der Waals surface area contributed by atoms with Gasteiger partial charge in [0.05, 0.1) is 22.7 Å². The molecule has 38 heavy (non-hydrogen) atoms. The standard InChI is InChI=1S/C26H26Cl2FN5O3S/c1-38(36,37)33-15-18(13-17-5-8-20(29)9-6-17)25-21(16-33)24(26(35)31-32-11-3-2-4-12-32)30-34(25)23-10-7-19(27)14-22(23)28/h5-10,13-14H,2-4,11-12,15-16H2,1H3,(H,31,35). The number of carbonyl (C=O) groups is 1. The van der Waals surface area contributed by atoms with Crippen LogP contribution in [0.15, 0.2) is 42.5 Å². The zero-order valence-corrected chi connectivity index (χ0v) is 23.0. The molecule has 0 spiro atoms. The van der Waals surface area contributed by atoms with E-state index in [0.29, 0.717) is 38.1 Å². The Morgan fingerprint density at radius 3 is 2.42 bits per heavy atom. The molecule has 2 aliphatic rings. The van der Waals surface area contributed by atoms with E-state index >= 15 is 0 Å². The van der Waals surface area contributed by atoms with Crippen molar-refractivity contribution in [2.45, 2.75) is 25.8 Å². The molecule has 2 aromatic carbocycles. The molecule has 1 saturated heterocycles. The highest BCUT2D eigenvalue weighted by Gasteiger charge is 2.35. The number of piperidine rings is 1. The number of carbonyl (C=O) groups excluding carboxylic acids is 1. The Morgan fingerprint density at radius 1 is 1.05 bits per heavy atom. The topological polar surface area (TPSA) is 87.5 Å². The van der Waals surface area contributed by atoms with Crippen molar-refractivity contribution in [2.24, 2.45) is 0 Å². The second-order valence-electron chi connectivity index (χ2n) is 9.42. The molecule has 200 valence electrons. The van der Waals surface area contributed by atoms with Crippen molar-refractivity contribution < 1.29 is 17.6 Å². The van der Waals surface area contributed by atoms with Gasteiger partial charge >= 0.3 is 0 Å². The first-order valence-corrected chi connectivity index (χ1v) is 14.8. The lowest BCUT2D eigenvalue weighted by Crippen LogP contribution is -2.45. The lowest BCUT2D eigenvalue weighted by atomic mass is 9.99. The molecule has 0 atom stereocenters. The molecule has 0 bridgehead atoms. The van der Waals surface area contributed by atoms with Crippen LogP contribution in [0.25, 0.3) is 17.3 Å². The first kappa shape index (κ1) is 26.8. The normalized spacial score (nSPS) is 17.9. The minimum absolute atomic E-state index is 0.0350. The quantitative estimate of drug-likeness (QED) is 0.472. The summed E-state index contributed by atoms with van der Waals surface area (Å²) in [5, 5.41) is 7.28. The highest BCUT2D eigenvalue weighted by Crippen LogP contribution is 2.36. The zero-order chi connectivity index (χ0) is 27.0. The molecule has 3 aromatic rings. The number of fused-ring (bicyclic) bond motifs is 1. The Balaban J connectivity index is 1.70. The van der Waals surface area contributed by atoms with Gasteiger partial charge in [-0.2, -0.15) is 9.40 Å². The second kappa shape index (κ2) is 10.8. The van der Waals surface area contributed by atoms with Gasteiger partial charge in [-0.15, -0.1) is 0 Å². The number of aromatic nitrogens is 2. The number of nitrogens with zero attached hydrogens (tertiary/aromatic N) is 4. The van der Waals surface area contributed by atoms with Crippen LogP contribution in [-0.2, 0) is 16.6 Å². The van der Waals surface area contributed by atoms with Crippen molar-refractivity contribution in [2.75, 3.05) is 25.9 Å². The summed E-state index contributed by atoms with van der Waals surface area (Å²) >= 11 is 12.7. The van der Waals surface area contributed by atoms with E-state index in [-0.39, 0.29) is 24.6 Å². The van der Waals surface area contributed by atoms with Crippen LogP contribution in [0.1, 0.15) is 46.6 Å². The summed E-state index contributed by atoms with van der Waals surface area (Å²) in [4.78, 5) is 13.5. The van der Waals surface area contributed by atoms with Gasteiger partial charge in [0, 0.05) is 36.8 Å². The molecule has 1 amide bonds. The number of benzene rings is 2. The van der Waals surface area contributed by atoms with Gasteiger partial charge in [0.1, 0.15) is 5.82 Å². The third-order valence-electron chi connectivity index (χ3n) is 6.62. The Kier molecular flexibility index (Phi) is 7.61. The molecular weight excluding hydrogens is 552 g/mol. The van der Waals surface area contributed by atoms with E-state index in [1.54, 1.807) is 41.1 Å². The van der Waals surface area contributed by atoms with Crippen LogP contribution in [0.2, 0.25) is 10.0 Å². The van der Waals surface area contributed by atoms with Crippen LogP contribution in [-0.4, -0.2) is 59.3 Å². The maximum atomic E-state index is 13.6. The molecule has 0 radical (unpaired) electrons. The van der Waals surface area contributed by atoms with Crippen LogP contribution in [0, 0.1) is 5.82 Å². The van der Waals surface area contributed by atoms with Crippen LogP contribution >= 0.6 is 23.2 Å². The van der Waals surface area contributed by atoms with Crippen LogP contribution < -0.4 is 5.43 Å².